The Kier molecular flexibility index (Phi) is 3.66. The lowest BCUT2D eigenvalue weighted by atomic mass is 10.3. The van der Waals surface area contributed by atoms with Crippen LogP contribution in [0.2, 0.25) is 0 Å². The van der Waals surface area contributed by atoms with Crippen molar-refractivity contribution in [3.8, 4) is 5.75 Å². The molecule has 0 aliphatic carbocycles. The third-order valence-electron chi connectivity index (χ3n) is 2.65. The van der Waals surface area contributed by atoms with Gasteiger partial charge in [0.1, 0.15) is 11.1 Å². The summed E-state index contributed by atoms with van der Waals surface area (Å²) in [5, 5.41) is 2.28. The lowest BCUT2D eigenvalue weighted by molar-refractivity contribution is 0.0978. The lowest BCUT2D eigenvalue weighted by Gasteiger charge is -2.23. The second-order valence-corrected chi connectivity index (χ2v) is 5.87. The van der Waals surface area contributed by atoms with Crippen molar-refractivity contribution in [3.63, 3.8) is 0 Å². The fourth-order valence-electron chi connectivity index (χ4n) is 1.67. The van der Waals surface area contributed by atoms with Gasteiger partial charge in [0.15, 0.2) is 9.84 Å². The second-order valence-electron chi connectivity index (χ2n) is 3.74. The molecule has 0 amide bonds. The summed E-state index contributed by atoms with van der Waals surface area (Å²) >= 11 is 0. The minimum absolute atomic E-state index is 0.189. The molecule has 0 spiro atoms. The van der Waals surface area contributed by atoms with Crippen molar-refractivity contribution in [1.29, 1.82) is 0 Å². The van der Waals surface area contributed by atoms with Gasteiger partial charge in [0.2, 0.25) is 0 Å². The van der Waals surface area contributed by atoms with Gasteiger partial charge in [0.25, 0.3) is 0 Å². The van der Waals surface area contributed by atoms with Gasteiger partial charge >= 0.3 is 0 Å². The summed E-state index contributed by atoms with van der Waals surface area (Å²) in [6, 6.07) is 6.36. The molecule has 0 bridgehead atoms. The molecule has 1 aromatic carbocycles. The fourth-order valence-corrected chi connectivity index (χ4v) is 3.13. The van der Waals surface area contributed by atoms with Gasteiger partial charge in [-0.25, -0.2) is 8.42 Å². The van der Waals surface area contributed by atoms with Crippen LogP contribution in [0.15, 0.2) is 29.2 Å². The van der Waals surface area contributed by atoms with Crippen LogP contribution in [0.4, 0.5) is 0 Å². The first-order valence-electron chi connectivity index (χ1n) is 5.33. The predicted molar refractivity (Wildman–Crippen MR) is 62.8 cm³/mol. The zero-order valence-corrected chi connectivity index (χ0v) is 10.4. The molecule has 5 nitrogen and oxygen atoms in total. The second kappa shape index (κ2) is 5.03. The number of benzene rings is 1. The summed E-state index contributed by atoms with van der Waals surface area (Å²) in [6.07, 6.45) is 0. The molecule has 1 atom stereocenters. The van der Waals surface area contributed by atoms with E-state index in [1.165, 1.54) is 0 Å². The van der Waals surface area contributed by atoms with Gasteiger partial charge in [-0.2, -0.15) is 0 Å². The smallest absolute Gasteiger partial charge is 0.196 e. The topological polar surface area (TPSA) is 64.6 Å². The number of ether oxygens (including phenoxy) is 2. The minimum Gasteiger partial charge on any atom is -0.497 e. The van der Waals surface area contributed by atoms with Crippen LogP contribution in [-0.2, 0) is 14.6 Å². The first-order chi connectivity index (χ1) is 8.14. The highest BCUT2D eigenvalue weighted by Gasteiger charge is 2.29. The first-order valence-corrected chi connectivity index (χ1v) is 6.88. The molecule has 1 unspecified atom stereocenters. The molecule has 2 rings (SSSR count). The Bertz CT molecular complexity index is 463. The van der Waals surface area contributed by atoms with Gasteiger partial charge in [-0.3, -0.25) is 5.32 Å². The number of nitrogens with one attached hydrogen (secondary N) is 1. The van der Waals surface area contributed by atoms with E-state index in [2.05, 4.69) is 5.32 Å². The van der Waals surface area contributed by atoms with Crippen molar-refractivity contribution in [2.24, 2.45) is 0 Å². The number of methoxy groups -OCH3 is 1. The predicted octanol–water partition coefficient (Wildman–Crippen LogP) is 0.415. The van der Waals surface area contributed by atoms with E-state index >= 15 is 0 Å². The molecule has 6 heteroatoms. The SMILES string of the molecule is COc1ccc(S(=O)(=O)C2COCCN2)cc1. The normalized spacial score (nSPS) is 21.1. The van der Waals surface area contributed by atoms with E-state index in [1.807, 2.05) is 0 Å². The molecule has 0 saturated carbocycles. The summed E-state index contributed by atoms with van der Waals surface area (Å²) in [5.41, 5.74) is 0. The van der Waals surface area contributed by atoms with Crippen molar-refractivity contribution in [1.82, 2.24) is 5.32 Å². The third-order valence-corrected chi connectivity index (χ3v) is 4.63. The third kappa shape index (κ3) is 2.59. The molecular formula is C11H15NO4S. The Morgan fingerprint density at radius 3 is 2.59 bits per heavy atom. The van der Waals surface area contributed by atoms with E-state index in [0.29, 0.717) is 18.9 Å². The molecule has 1 aliphatic rings. The molecule has 94 valence electrons. The Labute approximate surface area is 101 Å². The largest absolute Gasteiger partial charge is 0.497 e. The van der Waals surface area contributed by atoms with Crippen LogP contribution in [-0.4, -0.2) is 40.7 Å². The van der Waals surface area contributed by atoms with Crippen LogP contribution in [0.25, 0.3) is 0 Å². The van der Waals surface area contributed by atoms with Gasteiger partial charge in [-0.05, 0) is 24.3 Å². The average Bonchev–Trinajstić information content (AvgIpc) is 2.40. The number of morpholine rings is 1. The molecule has 0 radical (unpaired) electrons. The fraction of sp³-hybridized carbons (Fsp3) is 0.455. The zero-order valence-electron chi connectivity index (χ0n) is 9.55. The van der Waals surface area contributed by atoms with E-state index in [1.54, 1.807) is 31.4 Å². The molecule has 1 aromatic rings. The van der Waals surface area contributed by atoms with Crippen LogP contribution < -0.4 is 10.1 Å². The molecule has 1 N–H and O–H groups in total. The Hall–Kier alpha value is -1.11. The van der Waals surface area contributed by atoms with Crippen LogP contribution >= 0.6 is 0 Å². The Morgan fingerprint density at radius 1 is 1.35 bits per heavy atom. The van der Waals surface area contributed by atoms with Crippen LogP contribution in [0.1, 0.15) is 0 Å². The maximum atomic E-state index is 12.2. The van der Waals surface area contributed by atoms with Gasteiger partial charge in [0.05, 0.1) is 25.2 Å². The highest BCUT2D eigenvalue weighted by molar-refractivity contribution is 7.92. The van der Waals surface area contributed by atoms with E-state index in [9.17, 15) is 8.42 Å². The molecule has 1 heterocycles. The lowest BCUT2D eigenvalue weighted by Crippen LogP contribution is -2.46. The number of hydrogen-bond acceptors (Lipinski definition) is 5. The molecule has 1 aliphatic heterocycles. The minimum atomic E-state index is -3.38. The van der Waals surface area contributed by atoms with Crippen LogP contribution in [0.3, 0.4) is 0 Å². The van der Waals surface area contributed by atoms with Crippen molar-refractivity contribution in [3.05, 3.63) is 24.3 Å². The molecule has 17 heavy (non-hydrogen) atoms. The highest BCUT2D eigenvalue weighted by Crippen LogP contribution is 2.19. The van der Waals surface area contributed by atoms with Crippen LogP contribution in [0, 0.1) is 0 Å². The summed E-state index contributed by atoms with van der Waals surface area (Å²) in [7, 11) is -1.84. The number of rotatable bonds is 3. The summed E-state index contributed by atoms with van der Waals surface area (Å²) in [6.45, 7) is 1.29. The number of hydrogen-bond donors (Lipinski definition) is 1. The monoisotopic (exact) mass is 257 g/mol. The quantitative estimate of drug-likeness (QED) is 0.850. The number of sulfone groups is 1. The molecule has 1 saturated heterocycles. The Morgan fingerprint density at radius 2 is 2.06 bits per heavy atom. The zero-order chi connectivity index (χ0) is 12.3. The molecule has 1 fully saturated rings. The van der Waals surface area contributed by atoms with Gasteiger partial charge in [0, 0.05) is 6.54 Å². The van der Waals surface area contributed by atoms with Crippen molar-refractivity contribution >= 4 is 9.84 Å². The average molecular weight is 257 g/mol. The van der Waals surface area contributed by atoms with Crippen LogP contribution in [0.5, 0.6) is 5.75 Å². The summed E-state index contributed by atoms with van der Waals surface area (Å²) < 4.78 is 34.6. The van der Waals surface area contributed by atoms with Gasteiger partial charge < -0.3 is 9.47 Å². The van der Waals surface area contributed by atoms with Crippen molar-refractivity contribution in [2.45, 2.75) is 10.3 Å². The standard InChI is InChI=1S/C11H15NO4S/c1-15-9-2-4-10(5-3-9)17(13,14)11-8-16-7-6-12-11/h2-5,11-12H,6-8H2,1H3. The Balaban J connectivity index is 2.23. The molecule has 0 aromatic heterocycles. The highest BCUT2D eigenvalue weighted by atomic mass is 32.2. The van der Waals surface area contributed by atoms with E-state index in [-0.39, 0.29) is 11.5 Å². The first kappa shape index (κ1) is 12.3. The van der Waals surface area contributed by atoms with Gasteiger partial charge in [-0.1, -0.05) is 0 Å². The maximum Gasteiger partial charge on any atom is 0.196 e. The van der Waals surface area contributed by atoms with E-state index in [4.69, 9.17) is 9.47 Å². The maximum absolute atomic E-state index is 12.2. The molecular weight excluding hydrogens is 242 g/mol. The van der Waals surface area contributed by atoms with E-state index in [0.717, 1.165) is 0 Å². The van der Waals surface area contributed by atoms with E-state index < -0.39 is 15.2 Å². The summed E-state index contributed by atoms with van der Waals surface area (Å²) in [4.78, 5) is 0.279. The van der Waals surface area contributed by atoms with Crippen molar-refractivity contribution < 1.29 is 17.9 Å². The van der Waals surface area contributed by atoms with Gasteiger partial charge in [-0.15, -0.1) is 0 Å². The summed E-state index contributed by atoms with van der Waals surface area (Å²) in [5.74, 6) is 0.636. The van der Waals surface area contributed by atoms with Crippen molar-refractivity contribution in [2.75, 3.05) is 26.9 Å².